The number of nitrogens with zero attached hydrogens (tertiary/aromatic N) is 4. The Bertz CT molecular complexity index is 586. The SMILES string of the molecule is COC(=O)c1ccc(-c2nnc(C)nn2)c(Cl)c1. The first kappa shape index (κ1) is 12.4. The Hall–Kier alpha value is -2.08. The number of rotatable bonds is 2. The summed E-state index contributed by atoms with van der Waals surface area (Å²) in [7, 11) is 1.31. The van der Waals surface area contributed by atoms with E-state index in [9.17, 15) is 4.79 Å². The monoisotopic (exact) mass is 264 g/mol. The fraction of sp³-hybridized carbons (Fsp3) is 0.182. The summed E-state index contributed by atoms with van der Waals surface area (Å²) < 4.78 is 4.60. The minimum Gasteiger partial charge on any atom is -0.465 e. The van der Waals surface area contributed by atoms with E-state index in [-0.39, 0.29) is 0 Å². The third-order valence-electron chi connectivity index (χ3n) is 2.21. The second-order valence-corrected chi connectivity index (χ2v) is 3.86. The van der Waals surface area contributed by atoms with Crippen molar-refractivity contribution in [3.63, 3.8) is 0 Å². The minimum atomic E-state index is -0.454. The maximum atomic E-state index is 11.3. The molecule has 0 saturated carbocycles. The van der Waals surface area contributed by atoms with Gasteiger partial charge in [0, 0.05) is 5.56 Å². The van der Waals surface area contributed by atoms with Gasteiger partial charge in [0.05, 0.1) is 17.7 Å². The summed E-state index contributed by atoms with van der Waals surface area (Å²) in [5.74, 6) is 0.326. The van der Waals surface area contributed by atoms with Gasteiger partial charge in [-0.1, -0.05) is 11.6 Å². The predicted molar refractivity (Wildman–Crippen MR) is 64.1 cm³/mol. The highest BCUT2D eigenvalue weighted by Gasteiger charge is 2.12. The van der Waals surface area contributed by atoms with Crippen molar-refractivity contribution >= 4 is 17.6 Å². The predicted octanol–water partition coefficient (Wildman–Crippen LogP) is 1.68. The van der Waals surface area contributed by atoms with Crippen LogP contribution in [0.2, 0.25) is 5.02 Å². The van der Waals surface area contributed by atoms with Gasteiger partial charge in [-0.05, 0) is 25.1 Å². The van der Waals surface area contributed by atoms with Crippen molar-refractivity contribution in [3.05, 3.63) is 34.6 Å². The third kappa shape index (κ3) is 2.43. The van der Waals surface area contributed by atoms with Crippen LogP contribution in [0.5, 0.6) is 0 Å². The van der Waals surface area contributed by atoms with E-state index in [1.807, 2.05) is 0 Å². The van der Waals surface area contributed by atoms with Crippen LogP contribution in [0.1, 0.15) is 16.2 Å². The van der Waals surface area contributed by atoms with Crippen LogP contribution in [0.25, 0.3) is 11.4 Å². The van der Waals surface area contributed by atoms with Gasteiger partial charge in [-0.15, -0.1) is 20.4 Å². The molecule has 1 aromatic carbocycles. The van der Waals surface area contributed by atoms with Gasteiger partial charge in [0.2, 0.25) is 5.82 Å². The molecule has 18 heavy (non-hydrogen) atoms. The topological polar surface area (TPSA) is 77.9 Å². The van der Waals surface area contributed by atoms with Crippen LogP contribution in [0.15, 0.2) is 18.2 Å². The number of aromatic nitrogens is 4. The average molecular weight is 265 g/mol. The highest BCUT2D eigenvalue weighted by Crippen LogP contribution is 2.25. The first-order valence-corrected chi connectivity index (χ1v) is 5.42. The van der Waals surface area contributed by atoms with E-state index in [1.54, 1.807) is 19.1 Å². The van der Waals surface area contributed by atoms with Crippen LogP contribution in [0.3, 0.4) is 0 Å². The Labute approximate surface area is 108 Å². The Balaban J connectivity index is 2.41. The fourth-order valence-corrected chi connectivity index (χ4v) is 1.59. The van der Waals surface area contributed by atoms with E-state index < -0.39 is 5.97 Å². The zero-order valence-electron chi connectivity index (χ0n) is 9.72. The van der Waals surface area contributed by atoms with Crippen LogP contribution in [0, 0.1) is 6.92 Å². The first-order chi connectivity index (χ1) is 8.61. The number of aryl methyl sites for hydroxylation is 1. The number of carbonyl (C=O) groups is 1. The second-order valence-electron chi connectivity index (χ2n) is 3.46. The summed E-state index contributed by atoms with van der Waals surface area (Å²) in [4.78, 5) is 11.3. The lowest BCUT2D eigenvalue weighted by atomic mass is 10.1. The number of methoxy groups -OCH3 is 1. The number of halogens is 1. The minimum absolute atomic E-state index is 0.307. The van der Waals surface area contributed by atoms with Gasteiger partial charge < -0.3 is 4.74 Å². The van der Waals surface area contributed by atoms with E-state index >= 15 is 0 Å². The van der Waals surface area contributed by atoms with Crippen LogP contribution in [0.4, 0.5) is 0 Å². The molecule has 0 N–H and O–H groups in total. The molecule has 0 saturated heterocycles. The number of ether oxygens (including phenoxy) is 1. The molecule has 6 nitrogen and oxygen atoms in total. The molecule has 0 radical (unpaired) electrons. The molecule has 0 spiro atoms. The summed E-state index contributed by atoms with van der Waals surface area (Å²) in [6.45, 7) is 1.69. The maximum Gasteiger partial charge on any atom is 0.337 e. The molecule has 7 heteroatoms. The lowest BCUT2D eigenvalue weighted by Crippen LogP contribution is -2.02. The molecule has 0 aliphatic rings. The van der Waals surface area contributed by atoms with E-state index in [1.165, 1.54) is 13.2 Å². The normalized spacial score (nSPS) is 10.2. The zero-order chi connectivity index (χ0) is 13.1. The Morgan fingerprint density at radius 3 is 2.44 bits per heavy atom. The van der Waals surface area contributed by atoms with Crippen LogP contribution in [-0.4, -0.2) is 33.5 Å². The van der Waals surface area contributed by atoms with Gasteiger partial charge in [-0.25, -0.2) is 4.79 Å². The standard InChI is InChI=1S/C11H9ClN4O2/c1-6-13-15-10(16-14-6)8-4-3-7(5-9(8)12)11(17)18-2/h3-5H,1-2H3. The number of hydrogen-bond donors (Lipinski definition) is 0. The van der Waals surface area contributed by atoms with Crippen LogP contribution < -0.4 is 0 Å². The Morgan fingerprint density at radius 2 is 1.89 bits per heavy atom. The molecule has 0 unspecified atom stereocenters. The first-order valence-electron chi connectivity index (χ1n) is 5.04. The largest absolute Gasteiger partial charge is 0.465 e. The third-order valence-corrected chi connectivity index (χ3v) is 2.52. The number of carbonyl (C=O) groups excluding carboxylic acids is 1. The van der Waals surface area contributed by atoms with Gasteiger partial charge in [0.1, 0.15) is 0 Å². The summed E-state index contributed by atoms with van der Waals surface area (Å²) >= 11 is 6.06. The van der Waals surface area contributed by atoms with Crippen molar-refractivity contribution in [3.8, 4) is 11.4 Å². The van der Waals surface area contributed by atoms with Crippen LogP contribution in [-0.2, 0) is 4.74 Å². The van der Waals surface area contributed by atoms with Crippen molar-refractivity contribution in [1.29, 1.82) is 0 Å². The molecular formula is C11H9ClN4O2. The number of esters is 1. The Morgan fingerprint density at radius 1 is 1.22 bits per heavy atom. The van der Waals surface area contributed by atoms with E-state index in [4.69, 9.17) is 11.6 Å². The average Bonchev–Trinajstić information content (AvgIpc) is 2.39. The van der Waals surface area contributed by atoms with Gasteiger partial charge >= 0.3 is 5.97 Å². The molecule has 0 bridgehead atoms. The molecule has 1 aromatic heterocycles. The molecule has 1 heterocycles. The van der Waals surface area contributed by atoms with E-state index in [2.05, 4.69) is 25.1 Å². The molecule has 0 amide bonds. The van der Waals surface area contributed by atoms with Crippen molar-refractivity contribution in [1.82, 2.24) is 20.4 Å². The summed E-state index contributed by atoms with van der Waals surface area (Å²) in [5.41, 5.74) is 0.920. The van der Waals surface area contributed by atoms with Crippen molar-refractivity contribution in [2.75, 3.05) is 7.11 Å². The summed E-state index contributed by atoms with van der Waals surface area (Å²) in [6, 6.07) is 4.70. The Kier molecular flexibility index (Phi) is 3.47. The van der Waals surface area contributed by atoms with Crippen LogP contribution >= 0.6 is 11.6 Å². The number of benzene rings is 1. The molecular weight excluding hydrogens is 256 g/mol. The van der Waals surface area contributed by atoms with Gasteiger partial charge in [-0.2, -0.15) is 0 Å². The summed E-state index contributed by atoms with van der Waals surface area (Å²) in [6.07, 6.45) is 0. The highest BCUT2D eigenvalue weighted by atomic mass is 35.5. The van der Waals surface area contributed by atoms with Gasteiger partial charge in [-0.3, -0.25) is 0 Å². The number of hydrogen-bond acceptors (Lipinski definition) is 6. The zero-order valence-corrected chi connectivity index (χ0v) is 10.5. The fourth-order valence-electron chi connectivity index (χ4n) is 1.33. The van der Waals surface area contributed by atoms with E-state index in [0.29, 0.717) is 27.8 Å². The molecule has 2 aromatic rings. The second kappa shape index (κ2) is 5.05. The smallest absolute Gasteiger partial charge is 0.337 e. The van der Waals surface area contributed by atoms with Crippen molar-refractivity contribution < 1.29 is 9.53 Å². The molecule has 0 aliphatic carbocycles. The van der Waals surface area contributed by atoms with E-state index in [0.717, 1.165) is 0 Å². The lowest BCUT2D eigenvalue weighted by Gasteiger charge is -2.04. The van der Waals surface area contributed by atoms with Crippen molar-refractivity contribution in [2.24, 2.45) is 0 Å². The molecule has 0 fully saturated rings. The molecule has 0 atom stereocenters. The summed E-state index contributed by atoms with van der Waals surface area (Å²) in [5, 5.41) is 15.7. The molecule has 0 aliphatic heterocycles. The van der Waals surface area contributed by atoms with Gasteiger partial charge in [0.25, 0.3) is 0 Å². The quantitative estimate of drug-likeness (QED) is 0.768. The molecule has 92 valence electrons. The van der Waals surface area contributed by atoms with Crippen molar-refractivity contribution in [2.45, 2.75) is 6.92 Å². The lowest BCUT2D eigenvalue weighted by molar-refractivity contribution is 0.0601. The maximum absolute atomic E-state index is 11.3. The molecule has 2 rings (SSSR count). The van der Waals surface area contributed by atoms with Gasteiger partial charge in [0.15, 0.2) is 5.82 Å². The highest BCUT2D eigenvalue weighted by molar-refractivity contribution is 6.33.